The van der Waals surface area contributed by atoms with Crippen molar-refractivity contribution in [2.75, 3.05) is 19.7 Å². The highest BCUT2D eigenvalue weighted by Gasteiger charge is 2.55. The molecule has 1 saturated carbocycles. The first-order valence-electron chi connectivity index (χ1n) is 12.1. The maximum atomic E-state index is 13.3. The van der Waals surface area contributed by atoms with Gasteiger partial charge in [0.05, 0.1) is 12.0 Å². The van der Waals surface area contributed by atoms with E-state index in [0.29, 0.717) is 42.8 Å². The van der Waals surface area contributed by atoms with Crippen LogP contribution in [0.25, 0.3) is 0 Å². The molecule has 1 amide bonds. The molecule has 2 heterocycles. The van der Waals surface area contributed by atoms with Gasteiger partial charge in [0, 0.05) is 25.1 Å². The molecular weight excluding hydrogens is 414 g/mol. The van der Waals surface area contributed by atoms with Crippen LogP contribution in [0.4, 0.5) is 0 Å². The quantitative estimate of drug-likeness (QED) is 0.455. The highest BCUT2D eigenvalue weighted by Crippen LogP contribution is 2.50. The minimum Gasteiger partial charge on any atom is -0.494 e. The average Bonchev–Trinajstić information content (AvgIpc) is 3.55. The molecule has 3 aromatic rings. The highest BCUT2D eigenvalue weighted by molar-refractivity contribution is 5.94. The fourth-order valence-corrected chi connectivity index (χ4v) is 5.31. The first-order chi connectivity index (χ1) is 16.2. The zero-order chi connectivity index (χ0) is 22.7. The Morgan fingerprint density at radius 3 is 2.79 bits per heavy atom. The van der Waals surface area contributed by atoms with E-state index < -0.39 is 0 Å². The fourth-order valence-electron chi connectivity index (χ4n) is 5.31. The van der Waals surface area contributed by atoms with Crippen LogP contribution < -0.4 is 4.74 Å². The topological polar surface area (TPSA) is 68.5 Å². The molecule has 2 atom stereocenters. The summed E-state index contributed by atoms with van der Waals surface area (Å²) in [5.74, 6) is 2.65. The monoisotopic (exact) mass is 445 g/mol. The van der Waals surface area contributed by atoms with Gasteiger partial charge >= 0.3 is 0 Å². The number of nitrogens with zero attached hydrogens (tertiary/aromatic N) is 3. The van der Waals surface area contributed by atoms with Crippen LogP contribution in [0, 0.1) is 5.92 Å². The Kier molecular flexibility index (Phi) is 6.16. The van der Waals surface area contributed by atoms with Crippen LogP contribution in [-0.4, -0.2) is 40.6 Å². The van der Waals surface area contributed by atoms with Gasteiger partial charge in [0.25, 0.3) is 5.91 Å². The van der Waals surface area contributed by atoms with Crippen molar-refractivity contribution < 1.29 is 14.1 Å². The largest absolute Gasteiger partial charge is 0.494 e. The summed E-state index contributed by atoms with van der Waals surface area (Å²) in [6, 6.07) is 17.7. The molecule has 1 aliphatic heterocycles. The van der Waals surface area contributed by atoms with Gasteiger partial charge in [-0.2, -0.15) is 4.98 Å². The molecule has 5 rings (SSSR count). The minimum absolute atomic E-state index is 0.0629. The van der Waals surface area contributed by atoms with Crippen molar-refractivity contribution >= 4 is 5.91 Å². The van der Waals surface area contributed by atoms with Crippen molar-refractivity contribution in [1.29, 1.82) is 0 Å². The predicted molar refractivity (Wildman–Crippen MR) is 125 cm³/mol. The Labute approximate surface area is 194 Å². The Morgan fingerprint density at radius 1 is 1.18 bits per heavy atom. The third-order valence-electron chi connectivity index (χ3n) is 7.12. The lowest BCUT2D eigenvalue weighted by Crippen LogP contribution is -2.35. The van der Waals surface area contributed by atoms with E-state index in [0.717, 1.165) is 50.0 Å². The second kappa shape index (κ2) is 9.38. The minimum atomic E-state index is -0.221. The average molecular weight is 446 g/mol. The van der Waals surface area contributed by atoms with Crippen molar-refractivity contribution in [1.82, 2.24) is 15.0 Å². The van der Waals surface area contributed by atoms with E-state index in [9.17, 15) is 4.79 Å². The highest BCUT2D eigenvalue weighted by atomic mass is 16.5. The van der Waals surface area contributed by atoms with Gasteiger partial charge in [-0.3, -0.25) is 4.79 Å². The SMILES string of the molecule is CCCCOc1ccc(C(=O)N2C[C@H]3CCC[C@@]3(c3nc(Cc4ccccc4)no3)C2)cc1. The zero-order valence-corrected chi connectivity index (χ0v) is 19.2. The number of ether oxygens (including phenoxy) is 1. The number of aromatic nitrogens is 2. The van der Waals surface area contributed by atoms with Crippen LogP contribution in [0.2, 0.25) is 0 Å². The van der Waals surface area contributed by atoms with Gasteiger partial charge in [0.15, 0.2) is 5.82 Å². The smallest absolute Gasteiger partial charge is 0.253 e. The molecule has 2 aromatic carbocycles. The number of carbonyl (C=O) groups is 1. The molecule has 2 fully saturated rings. The maximum absolute atomic E-state index is 13.3. The summed E-state index contributed by atoms with van der Waals surface area (Å²) in [4.78, 5) is 20.1. The summed E-state index contributed by atoms with van der Waals surface area (Å²) in [6.45, 7) is 4.22. The second-order valence-corrected chi connectivity index (χ2v) is 9.34. The molecule has 0 radical (unpaired) electrons. The van der Waals surface area contributed by atoms with Crippen LogP contribution in [0.3, 0.4) is 0 Å². The van der Waals surface area contributed by atoms with Gasteiger partial charge in [-0.05, 0) is 55.0 Å². The number of likely N-dealkylation sites (tertiary alicyclic amines) is 1. The number of amides is 1. The molecule has 6 nitrogen and oxygen atoms in total. The first kappa shape index (κ1) is 21.7. The molecule has 1 aliphatic carbocycles. The van der Waals surface area contributed by atoms with E-state index in [-0.39, 0.29) is 11.3 Å². The van der Waals surface area contributed by atoms with Crippen molar-refractivity contribution in [3.05, 3.63) is 77.4 Å². The van der Waals surface area contributed by atoms with E-state index in [1.807, 2.05) is 47.4 Å². The van der Waals surface area contributed by atoms with E-state index >= 15 is 0 Å². The van der Waals surface area contributed by atoms with Crippen LogP contribution >= 0.6 is 0 Å². The number of fused-ring (bicyclic) bond motifs is 1. The molecule has 6 heteroatoms. The standard InChI is InChI=1S/C27H31N3O3/c1-2-3-16-32-23-13-11-21(12-14-23)25(31)30-18-22-10-7-15-27(22,19-30)26-28-24(29-33-26)17-20-8-5-4-6-9-20/h4-6,8-9,11-14,22H,2-3,7,10,15-19H2,1H3/t22-,27-/m1/s1. The number of hydrogen-bond donors (Lipinski definition) is 0. The Bertz CT molecular complexity index is 1080. The summed E-state index contributed by atoms with van der Waals surface area (Å²) in [5.41, 5.74) is 1.64. The van der Waals surface area contributed by atoms with E-state index in [1.165, 1.54) is 0 Å². The summed E-state index contributed by atoms with van der Waals surface area (Å²) in [5, 5.41) is 4.28. The number of benzene rings is 2. The van der Waals surface area contributed by atoms with Gasteiger partial charge in [-0.1, -0.05) is 55.3 Å². The van der Waals surface area contributed by atoms with Crippen LogP contribution in [0.5, 0.6) is 5.75 Å². The molecule has 2 aliphatic rings. The first-order valence-corrected chi connectivity index (χ1v) is 12.1. The molecule has 0 bridgehead atoms. The van der Waals surface area contributed by atoms with E-state index in [4.69, 9.17) is 14.2 Å². The van der Waals surface area contributed by atoms with Crippen LogP contribution in [-0.2, 0) is 11.8 Å². The second-order valence-electron chi connectivity index (χ2n) is 9.34. The molecule has 172 valence electrons. The zero-order valence-electron chi connectivity index (χ0n) is 19.2. The third kappa shape index (κ3) is 4.39. The van der Waals surface area contributed by atoms with Crippen molar-refractivity contribution in [2.24, 2.45) is 5.92 Å². The van der Waals surface area contributed by atoms with Gasteiger partial charge in [-0.25, -0.2) is 0 Å². The molecule has 0 N–H and O–H groups in total. The molecule has 1 saturated heterocycles. The third-order valence-corrected chi connectivity index (χ3v) is 7.12. The molecular formula is C27H31N3O3. The van der Waals surface area contributed by atoms with Gasteiger partial charge in [0.2, 0.25) is 5.89 Å². The number of hydrogen-bond acceptors (Lipinski definition) is 5. The normalized spacial score (nSPS) is 21.8. The molecule has 0 unspecified atom stereocenters. The van der Waals surface area contributed by atoms with Crippen molar-refractivity contribution in [3.63, 3.8) is 0 Å². The van der Waals surface area contributed by atoms with Crippen LogP contribution in [0.1, 0.15) is 66.7 Å². The van der Waals surface area contributed by atoms with Crippen molar-refractivity contribution in [2.45, 2.75) is 50.9 Å². The van der Waals surface area contributed by atoms with Crippen molar-refractivity contribution in [3.8, 4) is 5.75 Å². The summed E-state index contributed by atoms with van der Waals surface area (Å²) >= 11 is 0. The van der Waals surface area contributed by atoms with Crippen LogP contribution in [0.15, 0.2) is 59.1 Å². The summed E-state index contributed by atoms with van der Waals surface area (Å²) < 4.78 is 11.5. The number of rotatable bonds is 8. The molecule has 33 heavy (non-hydrogen) atoms. The van der Waals surface area contributed by atoms with E-state index in [2.05, 4.69) is 24.2 Å². The summed E-state index contributed by atoms with van der Waals surface area (Å²) in [7, 11) is 0. The summed E-state index contributed by atoms with van der Waals surface area (Å²) in [6.07, 6.45) is 5.99. The Hall–Kier alpha value is -3.15. The van der Waals surface area contributed by atoms with E-state index in [1.54, 1.807) is 0 Å². The van der Waals surface area contributed by atoms with Gasteiger partial charge in [-0.15, -0.1) is 0 Å². The van der Waals surface area contributed by atoms with Gasteiger partial charge < -0.3 is 14.2 Å². The van der Waals surface area contributed by atoms with Gasteiger partial charge in [0.1, 0.15) is 5.75 Å². The fraction of sp³-hybridized carbons (Fsp3) is 0.444. The Balaban J connectivity index is 1.29. The lowest BCUT2D eigenvalue weighted by molar-refractivity contribution is 0.0775. The molecule has 1 aromatic heterocycles. The Morgan fingerprint density at radius 2 is 2.00 bits per heavy atom. The molecule has 0 spiro atoms. The predicted octanol–water partition coefficient (Wildman–Crippen LogP) is 5.03. The lowest BCUT2D eigenvalue weighted by Gasteiger charge is -2.24. The number of carbonyl (C=O) groups excluding carboxylic acids is 1. The maximum Gasteiger partial charge on any atom is 0.253 e. The lowest BCUT2D eigenvalue weighted by atomic mass is 9.80. The number of unbranched alkanes of at least 4 members (excludes halogenated alkanes) is 1.